The van der Waals surface area contributed by atoms with E-state index in [0.29, 0.717) is 11.3 Å². The molecule has 2 aliphatic heterocycles. The van der Waals surface area contributed by atoms with E-state index in [0.717, 1.165) is 0 Å². The zero-order valence-electron chi connectivity index (χ0n) is 31.6. The van der Waals surface area contributed by atoms with Gasteiger partial charge in [0.25, 0.3) is 0 Å². The van der Waals surface area contributed by atoms with Crippen molar-refractivity contribution in [1.29, 1.82) is 0 Å². The molecule has 6 heteroatoms. The van der Waals surface area contributed by atoms with Gasteiger partial charge in [-0.1, -0.05) is 0 Å². The van der Waals surface area contributed by atoms with Gasteiger partial charge in [-0.25, -0.2) is 0 Å². The van der Waals surface area contributed by atoms with E-state index >= 15 is 0 Å². The maximum absolute atomic E-state index is 3.81. The monoisotopic (exact) mass is 840 g/mol. The van der Waals surface area contributed by atoms with Crippen molar-refractivity contribution in [3.63, 3.8) is 0 Å². The first-order valence-electron chi connectivity index (χ1n) is 19.3. The molecule has 0 bridgehead atoms. The van der Waals surface area contributed by atoms with Crippen LogP contribution in [0, 0.1) is 0 Å². The second kappa shape index (κ2) is 18.2. The summed E-state index contributed by atoms with van der Waals surface area (Å²) in [4.78, 5) is 0. The van der Waals surface area contributed by atoms with Crippen molar-refractivity contribution in [2.75, 3.05) is 0 Å². The van der Waals surface area contributed by atoms with Crippen LogP contribution in [0.3, 0.4) is 0 Å². The molecule has 0 saturated heterocycles. The number of fused-ring (bicyclic) bond motifs is 2. The smallest absolute Gasteiger partial charge is 0.147 e. The summed E-state index contributed by atoms with van der Waals surface area (Å²) >= 11 is -3.81. The normalized spacial score (nSPS) is 22.8. The molecule has 270 valence electrons. The second-order valence-corrected chi connectivity index (χ2v) is 48.8. The van der Waals surface area contributed by atoms with Crippen LogP contribution in [0.4, 0.5) is 0 Å². The number of allylic oxidation sites excluding steroid dienone is 12. The third-order valence-corrected chi connectivity index (χ3v) is 31.8. The van der Waals surface area contributed by atoms with Gasteiger partial charge in [-0.05, 0) is 0 Å². The molecule has 0 aromatic heterocycles. The number of hydrogen-bond donors (Lipinski definition) is 0. The van der Waals surface area contributed by atoms with Crippen LogP contribution in [-0.2, 0) is 17.4 Å². The summed E-state index contributed by atoms with van der Waals surface area (Å²) in [6.45, 7) is 12.0. The van der Waals surface area contributed by atoms with Crippen LogP contribution >= 0.6 is 40.7 Å². The molecule has 0 nitrogen and oxygen atoms in total. The Morgan fingerprint density at radius 3 is 1.26 bits per heavy atom. The summed E-state index contributed by atoms with van der Waals surface area (Å²) in [6.07, 6.45) is 26.6. The Morgan fingerprint density at radius 2 is 0.920 bits per heavy atom. The second-order valence-electron chi connectivity index (χ2n) is 15.7. The van der Waals surface area contributed by atoms with Crippen LogP contribution in [0.2, 0.25) is 9.26 Å². The Labute approximate surface area is 322 Å². The van der Waals surface area contributed by atoms with E-state index in [1.54, 1.807) is 43.5 Å². The first kappa shape index (κ1) is 42.2. The summed E-state index contributed by atoms with van der Waals surface area (Å²) in [5.41, 5.74) is 8.21. The van der Waals surface area contributed by atoms with E-state index in [4.69, 9.17) is 0 Å². The van der Waals surface area contributed by atoms with Gasteiger partial charge in [0.2, 0.25) is 0 Å². The van der Waals surface area contributed by atoms with Gasteiger partial charge in [0.05, 0.1) is 0 Å². The van der Waals surface area contributed by atoms with Crippen molar-refractivity contribution in [3.05, 3.63) is 124 Å². The van der Waals surface area contributed by atoms with Crippen molar-refractivity contribution < 1.29 is 17.4 Å². The molecule has 50 heavy (non-hydrogen) atoms. The Morgan fingerprint density at radius 1 is 0.560 bits per heavy atom. The minimum atomic E-state index is -3.81. The maximum Gasteiger partial charge on any atom is -0.147 e. The third-order valence-electron chi connectivity index (χ3n) is 11.2. The topological polar surface area (TPSA) is 0 Å². The predicted octanol–water partition coefficient (Wildman–Crippen LogP) is 13.5. The quantitative estimate of drug-likeness (QED) is 0.117. The van der Waals surface area contributed by atoms with Gasteiger partial charge in [0.1, 0.15) is 0 Å². The minimum Gasteiger partial charge on any atom is -0.147 e. The molecule has 2 aromatic rings. The minimum absolute atomic E-state index is 0. The summed E-state index contributed by atoms with van der Waals surface area (Å²) in [7, 11) is -0.732. The molecule has 2 aliphatic carbocycles. The average Bonchev–Trinajstić information content (AvgIpc) is 3.82. The van der Waals surface area contributed by atoms with Crippen LogP contribution in [0.15, 0.2) is 124 Å². The van der Waals surface area contributed by atoms with E-state index in [9.17, 15) is 0 Å². The standard InChI is InChI=1S/2C21H26P.2CH3.2ClH.H2Si.Zr/c2*1-3-5-10-17-14-18-16-20(11-6-4-2)22(21(18)15-17)19-12-8-7-9-13-19;;;;;;/h2*7-9,12-13,15-16,20H,3-6,10-11H2,1-2H3;2*1H3;2*1H;1H2;. The van der Waals surface area contributed by atoms with Crippen molar-refractivity contribution in [1.82, 2.24) is 0 Å². The van der Waals surface area contributed by atoms with Crippen LogP contribution in [-0.4, -0.2) is 18.2 Å². The molecule has 4 aliphatic rings. The van der Waals surface area contributed by atoms with Crippen LogP contribution < -0.4 is 10.6 Å². The Hall–Kier alpha value is -0.580. The van der Waals surface area contributed by atoms with Gasteiger partial charge in [0, 0.05) is 0 Å². The molecule has 0 spiro atoms. The zero-order valence-corrected chi connectivity index (χ0v) is 38.9. The van der Waals surface area contributed by atoms with Gasteiger partial charge < -0.3 is 0 Å². The zero-order chi connectivity index (χ0) is 33.9. The Bertz CT molecular complexity index is 1640. The van der Waals surface area contributed by atoms with Gasteiger partial charge in [-0.2, -0.15) is 0 Å². The Balaban J connectivity index is 0.00000281. The van der Waals surface area contributed by atoms with Gasteiger partial charge in [-0.3, -0.25) is 0 Å². The SMILES string of the molecule is CCCCC1=[C]([Zr]([CH3])([CH3])(=[SiH2])[C]2=C(CCCC)C=C3C2=CC(CCCC)P3c2ccccc2)C2=CC(CCCC)P(c3ccccc3)C2=C1.Cl.Cl. The fourth-order valence-corrected chi connectivity index (χ4v) is 32.5. The Kier molecular flexibility index (Phi) is 15.3. The summed E-state index contributed by atoms with van der Waals surface area (Å²) < 4.78 is 9.46. The van der Waals surface area contributed by atoms with E-state index in [1.165, 1.54) is 77.0 Å². The van der Waals surface area contributed by atoms with Crippen LogP contribution in [0.5, 0.6) is 0 Å². The van der Waals surface area contributed by atoms with Crippen molar-refractivity contribution in [2.45, 2.75) is 125 Å². The molecule has 2 aromatic carbocycles. The molecule has 4 atom stereocenters. The number of halogens is 2. The fourth-order valence-electron chi connectivity index (χ4n) is 9.10. The van der Waals surface area contributed by atoms with Crippen molar-refractivity contribution in [2.24, 2.45) is 0 Å². The molecule has 0 amide bonds. The largest absolute Gasteiger partial charge is 0.147 e. The van der Waals surface area contributed by atoms with Gasteiger partial charge >= 0.3 is 301 Å². The predicted molar refractivity (Wildman–Crippen MR) is 233 cm³/mol. The van der Waals surface area contributed by atoms with Crippen molar-refractivity contribution in [3.8, 4) is 0 Å². The van der Waals surface area contributed by atoms with Crippen LogP contribution in [0.1, 0.15) is 105 Å². The van der Waals surface area contributed by atoms with Gasteiger partial charge in [-0.15, -0.1) is 24.8 Å². The number of hydrogen-bond acceptors (Lipinski definition) is 0. The fraction of sp³-hybridized carbons (Fsp3) is 0.455. The third kappa shape index (κ3) is 8.23. The molecule has 6 rings (SSSR count). The van der Waals surface area contributed by atoms with Crippen molar-refractivity contribution >= 4 is 58.1 Å². The molecule has 0 N–H and O–H groups in total. The first-order chi connectivity index (χ1) is 23.2. The molecule has 4 unspecified atom stereocenters. The molecular formula is C44H62Cl2P2SiZr. The number of unbranched alkanes of at least 4 members (excludes halogenated alkanes) is 4. The summed E-state index contributed by atoms with van der Waals surface area (Å²) in [6, 6.07) is 23.3. The molecular weight excluding hydrogens is 781 g/mol. The number of rotatable bonds is 16. The summed E-state index contributed by atoms with van der Waals surface area (Å²) in [5.74, 6) is 0. The van der Waals surface area contributed by atoms with Gasteiger partial charge in [0.15, 0.2) is 0 Å². The van der Waals surface area contributed by atoms with E-state index in [-0.39, 0.29) is 40.7 Å². The molecule has 0 radical (unpaired) electrons. The molecule has 0 fully saturated rings. The summed E-state index contributed by atoms with van der Waals surface area (Å²) in [5, 5.41) is 6.62. The number of benzene rings is 2. The molecule has 2 heterocycles. The first-order valence-corrected chi connectivity index (χ1v) is 35.5. The van der Waals surface area contributed by atoms with E-state index in [1.807, 2.05) is 6.56 Å². The maximum atomic E-state index is 2.85. The van der Waals surface area contributed by atoms with E-state index < -0.39 is 17.4 Å². The van der Waals surface area contributed by atoms with Crippen LogP contribution in [0.25, 0.3) is 0 Å². The molecule has 0 saturated carbocycles. The average molecular weight is 843 g/mol. The van der Waals surface area contributed by atoms with E-state index in [2.05, 4.69) is 129 Å².